The van der Waals surface area contributed by atoms with Crippen LogP contribution in [0.5, 0.6) is 0 Å². The quantitative estimate of drug-likeness (QED) is 0.797. The highest BCUT2D eigenvalue weighted by molar-refractivity contribution is 6.01. The Balaban J connectivity index is 2.80. The average Bonchev–Trinajstić information content (AvgIpc) is 2.72. The number of para-hydroxylation sites is 1. The number of carboxylic acid groups (broad SMARTS) is 1. The van der Waals surface area contributed by atoms with Gasteiger partial charge in [-0.15, -0.1) is 0 Å². The van der Waals surface area contributed by atoms with Crippen molar-refractivity contribution in [2.45, 2.75) is 13.0 Å². The maximum atomic E-state index is 11.9. The van der Waals surface area contributed by atoms with Gasteiger partial charge in [0.2, 0.25) is 0 Å². The van der Waals surface area contributed by atoms with Crippen molar-refractivity contribution in [3.05, 3.63) is 34.2 Å². The summed E-state index contributed by atoms with van der Waals surface area (Å²) in [7, 11) is 1.21. The Kier molecular flexibility index (Phi) is 3.12. The molecule has 0 bridgehead atoms. The van der Waals surface area contributed by atoms with Crippen LogP contribution in [-0.4, -0.2) is 33.7 Å². The highest BCUT2D eigenvalue weighted by Gasteiger charge is 2.23. The van der Waals surface area contributed by atoms with Crippen LogP contribution in [0.25, 0.3) is 11.0 Å². The number of carboxylic acids is 1. The topological polar surface area (TPSA) is 101 Å². The van der Waals surface area contributed by atoms with E-state index in [2.05, 4.69) is 9.72 Å². The molecule has 2 aromatic rings. The summed E-state index contributed by atoms with van der Waals surface area (Å²) in [5, 5.41) is 9.15. The maximum absolute atomic E-state index is 11.9. The number of benzene rings is 1. The molecule has 7 nitrogen and oxygen atoms in total. The molecule has 1 aromatic carbocycles. The first-order valence-corrected chi connectivity index (χ1v) is 5.51. The van der Waals surface area contributed by atoms with Crippen molar-refractivity contribution in [2.24, 2.45) is 0 Å². The van der Waals surface area contributed by atoms with Gasteiger partial charge in [-0.1, -0.05) is 6.07 Å². The molecule has 0 saturated carbocycles. The minimum atomic E-state index is -1.17. The predicted octanol–water partition coefficient (Wildman–Crippen LogP) is 0.762. The fourth-order valence-corrected chi connectivity index (χ4v) is 2.00. The third kappa shape index (κ3) is 1.99. The molecule has 0 aliphatic rings. The third-order valence-corrected chi connectivity index (χ3v) is 2.90. The number of rotatable bonds is 3. The van der Waals surface area contributed by atoms with E-state index in [-0.39, 0.29) is 11.1 Å². The number of H-pyrrole nitrogens is 1. The number of esters is 1. The zero-order chi connectivity index (χ0) is 14.2. The number of imidazole rings is 1. The fourth-order valence-electron chi connectivity index (χ4n) is 2.00. The number of aromatic amines is 1. The monoisotopic (exact) mass is 264 g/mol. The second-order valence-electron chi connectivity index (χ2n) is 4.01. The Hall–Kier alpha value is -2.57. The Labute approximate surface area is 107 Å². The maximum Gasteiger partial charge on any atom is 0.337 e. The average molecular weight is 264 g/mol. The van der Waals surface area contributed by atoms with E-state index in [4.69, 9.17) is 5.11 Å². The molecule has 0 saturated heterocycles. The number of aromatic nitrogens is 2. The summed E-state index contributed by atoms with van der Waals surface area (Å²) in [6.07, 6.45) is 0. The second kappa shape index (κ2) is 4.60. The molecule has 100 valence electrons. The lowest BCUT2D eigenvalue weighted by Crippen LogP contribution is -2.27. The summed E-state index contributed by atoms with van der Waals surface area (Å²) >= 11 is 0. The lowest BCUT2D eigenvalue weighted by Gasteiger charge is -2.11. The number of nitrogens with one attached hydrogen (secondary N) is 1. The van der Waals surface area contributed by atoms with Crippen molar-refractivity contribution in [1.82, 2.24) is 9.55 Å². The SMILES string of the molecule is COC(=O)C(C)n1c(=O)[nH]c2cccc(C(=O)O)c21. The summed E-state index contributed by atoms with van der Waals surface area (Å²) in [4.78, 5) is 37.1. The smallest absolute Gasteiger partial charge is 0.337 e. The molecule has 0 aliphatic heterocycles. The van der Waals surface area contributed by atoms with E-state index in [0.29, 0.717) is 5.52 Å². The molecule has 1 atom stereocenters. The predicted molar refractivity (Wildman–Crippen MR) is 66.2 cm³/mol. The summed E-state index contributed by atoms with van der Waals surface area (Å²) in [5.74, 6) is -1.79. The Morgan fingerprint density at radius 2 is 2.11 bits per heavy atom. The van der Waals surface area contributed by atoms with Crippen molar-refractivity contribution in [3.63, 3.8) is 0 Å². The van der Waals surface area contributed by atoms with Gasteiger partial charge in [-0.25, -0.2) is 14.4 Å². The van der Waals surface area contributed by atoms with Crippen LogP contribution < -0.4 is 5.69 Å². The lowest BCUT2D eigenvalue weighted by molar-refractivity contribution is -0.144. The summed E-state index contributed by atoms with van der Waals surface area (Å²) < 4.78 is 5.67. The van der Waals surface area contributed by atoms with Crippen LogP contribution in [0.2, 0.25) is 0 Å². The zero-order valence-electron chi connectivity index (χ0n) is 10.3. The molecule has 0 spiro atoms. The summed E-state index contributed by atoms with van der Waals surface area (Å²) in [6.45, 7) is 1.47. The molecule has 2 rings (SSSR count). The molecule has 7 heteroatoms. The first kappa shape index (κ1) is 12.9. The van der Waals surface area contributed by atoms with Crippen LogP contribution in [0, 0.1) is 0 Å². The molecule has 0 aliphatic carbocycles. The highest BCUT2D eigenvalue weighted by atomic mass is 16.5. The number of methoxy groups -OCH3 is 1. The van der Waals surface area contributed by atoms with Gasteiger partial charge in [0.05, 0.1) is 23.7 Å². The Morgan fingerprint density at radius 1 is 1.42 bits per heavy atom. The largest absolute Gasteiger partial charge is 0.478 e. The molecule has 1 aromatic heterocycles. The van der Waals surface area contributed by atoms with E-state index in [1.807, 2.05) is 0 Å². The number of fused-ring (bicyclic) bond motifs is 1. The lowest BCUT2D eigenvalue weighted by atomic mass is 10.1. The normalized spacial score (nSPS) is 12.3. The second-order valence-corrected chi connectivity index (χ2v) is 4.01. The number of nitrogens with zero attached hydrogens (tertiary/aromatic N) is 1. The number of carbonyl (C=O) groups is 2. The van der Waals surface area contributed by atoms with Crippen LogP contribution in [0.1, 0.15) is 23.3 Å². The molecule has 19 heavy (non-hydrogen) atoms. The Bertz CT molecular complexity index is 712. The molecule has 0 radical (unpaired) electrons. The van der Waals surface area contributed by atoms with E-state index >= 15 is 0 Å². The van der Waals surface area contributed by atoms with Gasteiger partial charge in [0, 0.05) is 0 Å². The van der Waals surface area contributed by atoms with Crippen LogP contribution in [0.3, 0.4) is 0 Å². The minimum Gasteiger partial charge on any atom is -0.478 e. The van der Waals surface area contributed by atoms with E-state index < -0.39 is 23.7 Å². The van der Waals surface area contributed by atoms with Gasteiger partial charge < -0.3 is 14.8 Å². The molecule has 0 fully saturated rings. The first-order chi connectivity index (χ1) is 8.97. The minimum absolute atomic E-state index is 0.0494. The van der Waals surface area contributed by atoms with Gasteiger partial charge in [0.25, 0.3) is 0 Å². The highest BCUT2D eigenvalue weighted by Crippen LogP contribution is 2.20. The molecular weight excluding hydrogens is 252 g/mol. The molecule has 1 heterocycles. The van der Waals surface area contributed by atoms with E-state index in [0.717, 1.165) is 4.57 Å². The van der Waals surface area contributed by atoms with Crippen molar-refractivity contribution < 1.29 is 19.4 Å². The van der Waals surface area contributed by atoms with Gasteiger partial charge in [0.1, 0.15) is 6.04 Å². The van der Waals surface area contributed by atoms with Crippen molar-refractivity contribution >= 4 is 23.0 Å². The number of ether oxygens (including phenoxy) is 1. The van der Waals surface area contributed by atoms with Crippen LogP contribution in [-0.2, 0) is 9.53 Å². The zero-order valence-corrected chi connectivity index (χ0v) is 10.3. The third-order valence-electron chi connectivity index (χ3n) is 2.90. The van der Waals surface area contributed by atoms with Crippen LogP contribution >= 0.6 is 0 Å². The van der Waals surface area contributed by atoms with E-state index in [1.165, 1.54) is 26.2 Å². The van der Waals surface area contributed by atoms with E-state index in [9.17, 15) is 14.4 Å². The number of hydrogen-bond donors (Lipinski definition) is 2. The van der Waals surface area contributed by atoms with Gasteiger partial charge in [0.15, 0.2) is 0 Å². The number of carbonyl (C=O) groups excluding carboxylic acids is 1. The summed E-state index contributed by atoms with van der Waals surface area (Å²) in [6, 6.07) is 3.56. The van der Waals surface area contributed by atoms with Gasteiger partial charge >= 0.3 is 17.6 Å². The van der Waals surface area contributed by atoms with Crippen LogP contribution in [0.4, 0.5) is 0 Å². The standard InChI is InChI=1S/C12H12N2O5/c1-6(11(17)19-2)14-9-7(10(15)16)4-3-5-8(9)13-12(14)18/h3-6H,1-2H3,(H,13,18)(H,15,16). The van der Waals surface area contributed by atoms with Crippen molar-refractivity contribution in [3.8, 4) is 0 Å². The Morgan fingerprint density at radius 3 is 2.68 bits per heavy atom. The molecule has 2 N–H and O–H groups in total. The van der Waals surface area contributed by atoms with E-state index in [1.54, 1.807) is 6.07 Å². The number of aromatic carboxylic acids is 1. The van der Waals surface area contributed by atoms with Crippen LogP contribution in [0.15, 0.2) is 23.0 Å². The fraction of sp³-hybridized carbons (Fsp3) is 0.250. The van der Waals surface area contributed by atoms with Gasteiger partial charge in [-0.05, 0) is 19.1 Å². The molecule has 1 unspecified atom stereocenters. The first-order valence-electron chi connectivity index (χ1n) is 5.51. The number of hydrogen-bond acceptors (Lipinski definition) is 4. The summed E-state index contributed by atoms with van der Waals surface area (Å²) in [5.41, 5.74) is -0.0632. The van der Waals surface area contributed by atoms with Gasteiger partial charge in [-0.2, -0.15) is 0 Å². The molecular formula is C12H12N2O5. The van der Waals surface area contributed by atoms with Gasteiger partial charge in [-0.3, -0.25) is 4.57 Å². The molecule has 0 amide bonds. The van der Waals surface area contributed by atoms with Crippen molar-refractivity contribution in [1.29, 1.82) is 0 Å². The van der Waals surface area contributed by atoms with Crippen molar-refractivity contribution in [2.75, 3.05) is 7.11 Å².